The van der Waals surface area contributed by atoms with Crippen molar-refractivity contribution in [1.29, 1.82) is 0 Å². The normalized spacial score (nSPS) is 24.2. The molecule has 1 aliphatic carbocycles. The van der Waals surface area contributed by atoms with E-state index in [9.17, 15) is 9.90 Å². The Morgan fingerprint density at radius 1 is 1.32 bits per heavy atom. The zero-order valence-corrected chi connectivity index (χ0v) is 13.4. The Morgan fingerprint density at radius 3 is 2.63 bits per heavy atom. The molecule has 1 aliphatic rings. The van der Waals surface area contributed by atoms with Gasteiger partial charge in [0, 0.05) is 29.7 Å². The number of carbonyl (C=O) groups is 1. The molecule has 1 saturated carbocycles. The fourth-order valence-electron chi connectivity index (χ4n) is 2.51. The number of aliphatic hydroxyl groups is 1. The predicted octanol–water partition coefficient (Wildman–Crippen LogP) is 2.97. The third kappa shape index (κ3) is 7.21. The maximum absolute atomic E-state index is 11.9. The Bertz CT molecular complexity index is 276. The largest absolute Gasteiger partial charge is 0.396 e. The molecule has 0 radical (unpaired) electrons. The molecule has 0 aromatic rings. The average molecular weight is 287 g/mol. The van der Waals surface area contributed by atoms with Gasteiger partial charge < -0.3 is 10.4 Å². The molecule has 2 atom stereocenters. The molecule has 112 valence electrons. The van der Waals surface area contributed by atoms with Gasteiger partial charge in [-0.05, 0) is 25.0 Å². The van der Waals surface area contributed by atoms with Crippen LogP contribution in [-0.2, 0) is 4.79 Å². The number of aliphatic hydroxyl groups excluding tert-OH is 1. The molecular formula is C15H29NO2S. The summed E-state index contributed by atoms with van der Waals surface area (Å²) in [4.78, 5) is 11.9. The van der Waals surface area contributed by atoms with Gasteiger partial charge in [0.15, 0.2) is 0 Å². The monoisotopic (exact) mass is 287 g/mol. The van der Waals surface area contributed by atoms with E-state index in [2.05, 4.69) is 26.1 Å². The summed E-state index contributed by atoms with van der Waals surface area (Å²) >= 11 is 1.91. The average Bonchev–Trinajstić information content (AvgIpc) is 2.34. The number of amides is 1. The minimum atomic E-state index is 0.153. The Hall–Kier alpha value is -0.220. The van der Waals surface area contributed by atoms with E-state index in [0.29, 0.717) is 6.42 Å². The summed E-state index contributed by atoms with van der Waals surface area (Å²) in [6.45, 7) is 6.80. The number of carbonyl (C=O) groups excluding carboxylic acids is 1. The lowest BCUT2D eigenvalue weighted by molar-refractivity contribution is -0.122. The van der Waals surface area contributed by atoms with Crippen LogP contribution >= 0.6 is 11.8 Å². The number of hydrogen-bond acceptors (Lipinski definition) is 3. The van der Waals surface area contributed by atoms with E-state index in [4.69, 9.17) is 0 Å². The van der Waals surface area contributed by atoms with Crippen LogP contribution < -0.4 is 5.32 Å². The summed E-state index contributed by atoms with van der Waals surface area (Å²) < 4.78 is 0.280. The lowest BCUT2D eigenvalue weighted by Crippen LogP contribution is -2.43. The molecule has 1 amide bonds. The van der Waals surface area contributed by atoms with Crippen LogP contribution in [0.2, 0.25) is 0 Å². The van der Waals surface area contributed by atoms with Gasteiger partial charge in [0.1, 0.15) is 0 Å². The van der Waals surface area contributed by atoms with Crippen LogP contribution in [0.5, 0.6) is 0 Å². The molecule has 1 rings (SSSR count). The summed E-state index contributed by atoms with van der Waals surface area (Å²) in [6.07, 6.45) is 5.96. The summed E-state index contributed by atoms with van der Waals surface area (Å²) in [6, 6.07) is 0.196. The second kappa shape index (κ2) is 8.15. The lowest BCUT2D eigenvalue weighted by atomic mass is 9.85. The fourth-order valence-corrected chi connectivity index (χ4v) is 3.41. The van der Waals surface area contributed by atoms with Crippen LogP contribution in [0.4, 0.5) is 0 Å². The fraction of sp³-hybridized carbons (Fsp3) is 0.933. The van der Waals surface area contributed by atoms with Gasteiger partial charge in [0.05, 0.1) is 0 Å². The van der Waals surface area contributed by atoms with Gasteiger partial charge in [-0.15, -0.1) is 0 Å². The van der Waals surface area contributed by atoms with Crippen molar-refractivity contribution in [2.45, 2.75) is 70.1 Å². The maximum Gasteiger partial charge on any atom is 0.220 e. The zero-order valence-electron chi connectivity index (χ0n) is 12.6. The van der Waals surface area contributed by atoms with E-state index in [1.165, 1.54) is 12.8 Å². The van der Waals surface area contributed by atoms with Crippen LogP contribution in [0.25, 0.3) is 0 Å². The van der Waals surface area contributed by atoms with Crippen LogP contribution in [-0.4, -0.2) is 34.2 Å². The van der Waals surface area contributed by atoms with E-state index in [-0.39, 0.29) is 29.2 Å². The molecule has 0 aromatic carbocycles. The predicted molar refractivity (Wildman–Crippen MR) is 82.4 cm³/mol. The van der Waals surface area contributed by atoms with E-state index < -0.39 is 0 Å². The van der Waals surface area contributed by atoms with Crippen molar-refractivity contribution in [2.75, 3.05) is 12.4 Å². The molecule has 0 saturated heterocycles. The maximum atomic E-state index is 11.9. The van der Waals surface area contributed by atoms with Crippen LogP contribution in [0.15, 0.2) is 0 Å². The quantitative estimate of drug-likeness (QED) is 0.738. The third-order valence-corrected chi connectivity index (χ3v) is 4.93. The number of thioether (sulfide) groups is 1. The molecule has 0 aromatic heterocycles. The van der Waals surface area contributed by atoms with Crippen LogP contribution in [0.3, 0.4) is 0 Å². The molecule has 19 heavy (non-hydrogen) atoms. The van der Waals surface area contributed by atoms with Gasteiger partial charge in [-0.3, -0.25) is 4.79 Å². The third-order valence-electron chi connectivity index (χ3n) is 3.57. The summed E-state index contributed by atoms with van der Waals surface area (Å²) in [5.41, 5.74) is 0. The van der Waals surface area contributed by atoms with Crippen molar-refractivity contribution in [1.82, 2.24) is 5.32 Å². The first-order valence-corrected chi connectivity index (χ1v) is 8.45. The SMILES string of the molecule is CC(C)(C)SCCCC(=O)NC1CCCCC1CO. The summed E-state index contributed by atoms with van der Waals surface area (Å²) in [5, 5.41) is 12.4. The summed E-state index contributed by atoms with van der Waals surface area (Å²) in [7, 11) is 0. The molecule has 2 N–H and O–H groups in total. The Labute approximate surface area is 121 Å². The van der Waals surface area contributed by atoms with Crippen molar-refractivity contribution in [2.24, 2.45) is 5.92 Å². The molecule has 3 nitrogen and oxygen atoms in total. The van der Waals surface area contributed by atoms with E-state index in [0.717, 1.165) is 25.0 Å². The molecule has 4 heteroatoms. The van der Waals surface area contributed by atoms with Gasteiger partial charge >= 0.3 is 0 Å². The van der Waals surface area contributed by atoms with Gasteiger partial charge in [-0.2, -0.15) is 11.8 Å². The number of hydrogen-bond donors (Lipinski definition) is 2. The molecule has 0 spiro atoms. The lowest BCUT2D eigenvalue weighted by Gasteiger charge is -2.30. The number of rotatable bonds is 6. The van der Waals surface area contributed by atoms with Crippen LogP contribution in [0, 0.1) is 5.92 Å². The van der Waals surface area contributed by atoms with Crippen molar-refractivity contribution >= 4 is 17.7 Å². The van der Waals surface area contributed by atoms with E-state index >= 15 is 0 Å². The highest BCUT2D eigenvalue weighted by Gasteiger charge is 2.25. The smallest absolute Gasteiger partial charge is 0.220 e. The minimum absolute atomic E-state index is 0.153. The zero-order chi connectivity index (χ0) is 14.3. The molecular weight excluding hydrogens is 258 g/mol. The minimum Gasteiger partial charge on any atom is -0.396 e. The first kappa shape index (κ1) is 16.8. The Morgan fingerprint density at radius 2 is 2.00 bits per heavy atom. The first-order valence-electron chi connectivity index (χ1n) is 7.46. The van der Waals surface area contributed by atoms with Gasteiger partial charge in [0.2, 0.25) is 5.91 Å². The summed E-state index contributed by atoms with van der Waals surface area (Å²) in [5.74, 6) is 1.45. The molecule has 1 fully saturated rings. The van der Waals surface area contributed by atoms with Crippen molar-refractivity contribution in [3.8, 4) is 0 Å². The van der Waals surface area contributed by atoms with E-state index in [1.807, 2.05) is 11.8 Å². The van der Waals surface area contributed by atoms with Crippen molar-refractivity contribution < 1.29 is 9.90 Å². The molecule has 0 heterocycles. The molecule has 0 aliphatic heterocycles. The molecule has 2 unspecified atom stereocenters. The van der Waals surface area contributed by atoms with Gasteiger partial charge in [-0.1, -0.05) is 33.6 Å². The van der Waals surface area contributed by atoms with Crippen molar-refractivity contribution in [3.05, 3.63) is 0 Å². The van der Waals surface area contributed by atoms with E-state index in [1.54, 1.807) is 0 Å². The first-order chi connectivity index (χ1) is 8.92. The van der Waals surface area contributed by atoms with Gasteiger partial charge in [-0.25, -0.2) is 0 Å². The topological polar surface area (TPSA) is 49.3 Å². The molecule has 0 bridgehead atoms. The second-order valence-corrected chi connectivity index (χ2v) is 8.39. The highest BCUT2D eigenvalue weighted by molar-refractivity contribution is 8.00. The van der Waals surface area contributed by atoms with Crippen LogP contribution in [0.1, 0.15) is 59.3 Å². The second-order valence-electron chi connectivity index (χ2n) is 6.47. The highest BCUT2D eigenvalue weighted by Crippen LogP contribution is 2.25. The van der Waals surface area contributed by atoms with Gasteiger partial charge in [0.25, 0.3) is 0 Å². The highest BCUT2D eigenvalue weighted by atomic mass is 32.2. The number of nitrogens with one attached hydrogen (secondary N) is 1. The Kier molecular flexibility index (Phi) is 7.22. The standard InChI is InChI=1S/C15H29NO2S/c1-15(2,3)19-10-6-9-14(18)16-13-8-5-4-7-12(13)11-17/h12-13,17H,4-11H2,1-3H3,(H,16,18). The Balaban J connectivity index is 2.19. The van der Waals surface area contributed by atoms with Crippen molar-refractivity contribution in [3.63, 3.8) is 0 Å².